The molecule has 0 aliphatic carbocycles. The number of carboxylic acid groups (broad SMARTS) is 1. The Balaban J connectivity index is 2.07. The second kappa shape index (κ2) is 9.73. The molecule has 2 amide bonds. The topological polar surface area (TPSA) is 117 Å². The van der Waals surface area contributed by atoms with Crippen molar-refractivity contribution in [2.24, 2.45) is 5.92 Å². The molecule has 3 N–H and O–H groups in total. The van der Waals surface area contributed by atoms with Crippen LogP contribution in [0.3, 0.4) is 0 Å². The number of carbonyl (C=O) groups is 2. The number of urea groups is 1. The van der Waals surface area contributed by atoms with Crippen LogP contribution in [0.15, 0.2) is 10.9 Å². The zero-order valence-electron chi connectivity index (χ0n) is 12.2. The lowest BCUT2D eigenvalue weighted by Gasteiger charge is -2.14. The van der Waals surface area contributed by atoms with Gasteiger partial charge in [0.2, 0.25) is 5.89 Å². The van der Waals surface area contributed by atoms with Crippen LogP contribution >= 0.6 is 0 Å². The molecule has 21 heavy (non-hydrogen) atoms. The van der Waals surface area contributed by atoms with E-state index < -0.39 is 5.97 Å². The van der Waals surface area contributed by atoms with Crippen molar-refractivity contribution in [1.82, 2.24) is 20.8 Å². The first-order valence-corrected chi connectivity index (χ1v) is 7.10. The van der Waals surface area contributed by atoms with E-state index in [9.17, 15) is 9.59 Å². The first kappa shape index (κ1) is 16.9. The number of nitrogens with one attached hydrogen (secondary N) is 2. The van der Waals surface area contributed by atoms with Crippen molar-refractivity contribution in [3.05, 3.63) is 12.2 Å². The van der Waals surface area contributed by atoms with Crippen molar-refractivity contribution in [2.75, 3.05) is 13.1 Å². The molecule has 8 heteroatoms. The lowest BCUT2D eigenvalue weighted by atomic mass is 9.97. The number of nitrogens with zero attached hydrogens (tertiary/aromatic N) is 2. The van der Waals surface area contributed by atoms with Gasteiger partial charge < -0.3 is 20.3 Å². The van der Waals surface area contributed by atoms with Crippen molar-refractivity contribution in [3.63, 3.8) is 0 Å². The Hall–Kier alpha value is -2.12. The summed E-state index contributed by atoms with van der Waals surface area (Å²) in [5.74, 6) is 0.0231. The minimum absolute atomic E-state index is 0.175. The molecule has 0 aromatic carbocycles. The number of aliphatic carboxylic acids is 1. The maximum Gasteiger partial charge on any atom is 0.314 e. The Morgan fingerprint density at radius 1 is 1.33 bits per heavy atom. The van der Waals surface area contributed by atoms with Crippen LogP contribution in [0, 0.1) is 5.92 Å². The molecule has 1 rings (SSSR count). The van der Waals surface area contributed by atoms with E-state index in [1.54, 1.807) is 0 Å². The van der Waals surface area contributed by atoms with Gasteiger partial charge in [-0.3, -0.25) is 4.79 Å². The van der Waals surface area contributed by atoms with Crippen LogP contribution in [-0.2, 0) is 11.2 Å². The number of hydrogen-bond acceptors (Lipinski definition) is 5. The van der Waals surface area contributed by atoms with E-state index in [1.807, 2.05) is 6.92 Å². The van der Waals surface area contributed by atoms with Gasteiger partial charge in [0.25, 0.3) is 0 Å². The van der Waals surface area contributed by atoms with Crippen LogP contribution in [0.2, 0.25) is 0 Å². The van der Waals surface area contributed by atoms with Gasteiger partial charge in [-0.05, 0) is 18.8 Å². The van der Waals surface area contributed by atoms with Crippen molar-refractivity contribution < 1.29 is 19.2 Å². The van der Waals surface area contributed by atoms with Gasteiger partial charge in [0.15, 0.2) is 6.33 Å². The van der Waals surface area contributed by atoms with Crippen molar-refractivity contribution in [2.45, 2.75) is 39.0 Å². The fourth-order valence-electron chi connectivity index (χ4n) is 1.92. The van der Waals surface area contributed by atoms with Crippen molar-refractivity contribution in [3.8, 4) is 0 Å². The quantitative estimate of drug-likeness (QED) is 0.597. The number of aromatic nitrogens is 2. The molecule has 0 radical (unpaired) electrons. The maximum absolute atomic E-state index is 11.5. The average molecular weight is 298 g/mol. The Morgan fingerprint density at radius 3 is 2.71 bits per heavy atom. The van der Waals surface area contributed by atoms with Crippen LogP contribution in [0.4, 0.5) is 4.79 Å². The summed E-state index contributed by atoms with van der Waals surface area (Å²) < 4.78 is 4.81. The van der Waals surface area contributed by atoms with Crippen LogP contribution in [0.1, 0.15) is 38.5 Å². The van der Waals surface area contributed by atoms with Gasteiger partial charge in [0.05, 0.1) is 0 Å². The molecule has 1 unspecified atom stereocenters. The molecule has 1 aromatic heterocycles. The molecule has 0 saturated carbocycles. The van der Waals surface area contributed by atoms with Crippen LogP contribution in [0.25, 0.3) is 0 Å². The van der Waals surface area contributed by atoms with Gasteiger partial charge in [-0.25, -0.2) is 4.79 Å². The van der Waals surface area contributed by atoms with E-state index in [0.717, 1.165) is 12.8 Å². The van der Waals surface area contributed by atoms with Crippen molar-refractivity contribution >= 4 is 12.0 Å². The summed E-state index contributed by atoms with van der Waals surface area (Å²) in [6.07, 6.45) is 4.32. The molecule has 1 aromatic rings. The standard InChI is InChI=1S/C13H22N4O4/c1-2-10(3-4-12(18)19)5-7-14-13(20)15-8-6-11-16-9-17-21-11/h9-10H,2-8H2,1H3,(H,18,19)(H2,14,15,20). The van der Waals surface area contributed by atoms with Gasteiger partial charge in [-0.1, -0.05) is 18.5 Å². The lowest BCUT2D eigenvalue weighted by Crippen LogP contribution is -2.37. The van der Waals surface area contributed by atoms with E-state index in [2.05, 4.69) is 20.8 Å². The van der Waals surface area contributed by atoms with E-state index >= 15 is 0 Å². The molecular formula is C13H22N4O4. The number of carbonyl (C=O) groups excluding carboxylic acids is 1. The third-order valence-corrected chi connectivity index (χ3v) is 3.21. The Morgan fingerprint density at radius 2 is 2.10 bits per heavy atom. The minimum atomic E-state index is -0.778. The second-order valence-corrected chi connectivity index (χ2v) is 4.76. The molecule has 0 bridgehead atoms. The summed E-state index contributed by atoms with van der Waals surface area (Å²) in [6.45, 7) is 2.98. The summed E-state index contributed by atoms with van der Waals surface area (Å²) in [5.41, 5.74) is 0. The highest BCUT2D eigenvalue weighted by atomic mass is 16.5. The third kappa shape index (κ3) is 7.91. The molecule has 0 aliphatic rings. The number of hydrogen-bond donors (Lipinski definition) is 3. The third-order valence-electron chi connectivity index (χ3n) is 3.21. The van der Waals surface area contributed by atoms with E-state index in [0.29, 0.717) is 37.7 Å². The van der Waals surface area contributed by atoms with E-state index in [1.165, 1.54) is 6.33 Å². The summed E-state index contributed by atoms with van der Waals surface area (Å²) in [7, 11) is 0. The van der Waals surface area contributed by atoms with Crippen LogP contribution < -0.4 is 10.6 Å². The fraction of sp³-hybridized carbons (Fsp3) is 0.692. The predicted octanol–water partition coefficient (Wildman–Crippen LogP) is 1.19. The van der Waals surface area contributed by atoms with Gasteiger partial charge in [0, 0.05) is 25.9 Å². The largest absolute Gasteiger partial charge is 0.481 e. The number of amides is 2. The molecule has 1 atom stereocenters. The smallest absolute Gasteiger partial charge is 0.314 e. The molecule has 1 heterocycles. The van der Waals surface area contributed by atoms with E-state index in [-0.39, 0.29) is 12.5 Å². The number of carboxylic acids is 1. The molecule has 0 saturated heterocycles. The normalized spacial score (nSPS) is 11.9. The monoisotopic (exact) mass is 298 g/mol. The highest BCUT2D eigenvalue weighted by Crippen LogP contribution is 2.14. The minimum Gasteiger partial charge on any atom is -0.481 e. The summed E-state index contributed by atoms with van der Waals surface area (Å²) in [4.78, 5) is 25.9. The van der Waals surface area contributed by atoms with Crippen LogP contribution in [-0.4, -0.2) is 40.3 Å². The summed E-state index contributed by atoms with van der Waals surface area (Å²) >= 11 is 0. The fourth-order valence-corrected chi connectivity index (χ4v) is 1.92. The molecule has 118 valence electrons. The maximum atomic E-state index is 11.5. The molecular weight excluding hydrogens is 276 g/mol. The predicted molar refractivity (Wildman–Crippen MR) is 74.7 cm³/mol. The number of rotatable bonds is 10. The van der Waals surface area contributed by atoms with Gasteiger partial charge in [0.1, 0.15) is 0 Å². The van der Waals surface area contributed by atoms with Gasteiger partial charge in [-0.15, -0.1) is 0 Å². The molecule has 0 fully saturated rings. The molecule has 0 aliphatic heterocycles. The van der Waals surface area contributed by atoms with Crippen molar-refractivity contribution in [1.29, 1.82) is 0 Å². The van der Waals surface area contributed by atoms with Gasteiger partial charge >= 0.3 is 12.0 Å². The van der Waals surface area contributed by atoms with E-state index in [4.69, 9.17) is 9.63 Å². The highest BCUT2D eigenvalue weighted by molar-refractivity contribution is 5.73. The summed E-state index contributed by atoms with van der Waals surface area (Å²) in [6, 6.07) is -0.248. The molecule has 0 spiro atoms. The lowest BCUT2D eigenvalue weighted by molar-refractivity contribution is -0.137. The SMILES string of the molecule is CCC(CCNC(=O)NCCc1ncno1)CCC(=O)O. The zero-order valence-corrected chi connectivity index (χ0v) is 12.2. The Kier molecular flexibility index (Phi) is 7.85. The molecule has 8 nitrogen and oxygen atoms in total. The van der Waals surface area contributed by atoms with Crippen LogP contribution in [0.5, 0.6) is 0 Å². The zero-order chi connectivity index (χ0) is 15.5. The first-order valence-electron chi connectivity index (χ1n) is 7.10. The Bertz CT molecular complexity index is 422. The summed E-state index contributed by atoms with van der Waals surface area (Å²) in [5, 5.41) is 17.6. The Labute approximate surface area is 123 Å². The second-order valence-electron chi connectivity index (χ2n) is 4.76. The highest BCUT2D eigenvalue weighted by Gasteiger charge is 2.09. The average Bonchev–Trinajstić information content (AvgIpc) is 2.95. The van der Waals surface area contributed by atoms with Gasteiger partial charge in [-0.2, -0.15) is 4.98 Å². The first-order chi connectivity index (χ1) is 10.1.